The van der Waals surface area contributed by atoms with Crippen molar-refractivity contribution in [1.29, 1.82) is 0 Å². The molecule has 0 saturated carbocycles. The van der Waals surface area contributed by atoms with Crippen LogP contribution in [-0.4, -0.2) is 23.3 Å². The molecule has 3 aromatic rings. The summed E-state index contributed by atoms with van der Waals surface area (Å²) in [7, 11) is 0. The lowest BCUT2D eigenvalue weighted by Gasteiger charge is -2.10. The minimum absolute atomic E-state index is 0.155. The zero-order valence-electron chi connectivity index (χ0n) is 15.9. The lowest BCUT2D eigenvalue weighted by atomic mass is 10.1. The fraction of sp³-hybridized carbons (Fsp3) is 0.136. The number of rotatable bonds is 7. The molecule has 0 spiro atoms. The number of nitrogens with zero attached hydrogens (tertiary/aromatic N) is 1. The van der Waals surface area contributed by atoms with Crippen molar-refractivity contribution in [2.75, 3.05) is 17.2 Å². The van der Waals surface area contributed by atoms with E-state index in [4.69, 9.17) is 0 Å². The van der Waals surface area contributed by atoms with Crippen LogP contribution in [0.1, 0.15) is 22.8 Å². The Morgan fingerprint density at radius 1 is 0.966 bits per heavy atom. The van der Waals surface area contributed by atoms with E-state index in [1.165, 1.54) is 19.2 Å². The minimum atomic E-state index is -0.288. The van der Waals surface area contributed by atoms with Gasteiger partial charge in [0.2, 0.25) is 5.91 Å². The molecule has 0 fully saturated rings. The Kier molecular flexibility index (Phi) is 6.52. The lowest BCUT2D eigenvalue weighted by Crippen LogP contribution is -2.26. The molecule has 0 unspecified atom stereocenters. The van der Waals surface area contributed by atoms with Crippen LogP contribution in [0.4, 0.5) is 21.5 Å². The van der Waals surface area contributed by atoms with Gasteiger partial charge < -0.3 is 16.0 Å². The maximum atomic E-state index is 13.6. The third-order valence-corrected chi connectivity index (χ3v) is 4.11. The highest BCUT2D eigenvalue weighted by atomic mass is 19.1. The molecule has 1 heterocycles. The van der Waals surface area contributed by atoms with Crippen LogP contribution in [0.3, 0.4) is 0 Å². The van der Waals surface area contributed by atoms with E-state index in [2.05, 4.69) is 20.9 Å². The summed E-state index contributed by atoms with van der Waals surface area (Å²) in [6.45, 7) is 1.76. The summed E-state index contributed by atoms with van der Waals surface area (Å²) in [5.41, 5.74) is 2.99. The van der Waals surface area contributed by atoms with Crippen LogP contribution in [-0.2, 0) is 11.2 Å². The monoisotopic (exact) mass is 392 g/mol. The third kappa shape index (κ3) is 5.87. The number of amides is 2. The molecule has 0 radical (unpaired) electrons. The van der Waals surface area contributed by atoms with Gasteiger partial charge in [-0.1, -0.05) is 24.3 Å². The van der Waals surface area contributed by atoms with Gasteiger partial charge in [-0.15, -0.1) is 0 Å². The molecule has 2 aromatic carbocycles. The molecule has 7 heteroatoms. The number of nitrogens with one attached hydrogen (secondary N) is 3. The van der Waals surface area contributed by atoms with E-state index in [0.717, 1.165) is 5.69 Å². The first-order chi connectivity index (χ1) is 14.0. The van der Waals surface area contributed by atoms with Gasteiger partial charge in [-0.05, 0) is 42.3 Å². The second-order valence-electron chi connectivity index (χ2n) is 6.45. The second kappa shape index (κ2) is 9.45. The van der Waals surface area contributed by atoms with Gasteiger partial charge in [0, 0.05) is 31.0 Å². The molecule has 2 amide bonds. The van der Waals surface area contributed by atoms with Crippen LogP contribution < -0.4 is 16.0 Å². The Balaban J connectivity index is 1.61. The summed E-state index contributed by atoms with van der Waals surface area (Å²) in [6.07, 6.45) is 3.47. The summed E-state index contributed by atoms with van der Waals surface area (Å²) >= 11 is 0. The largest absolute Gasteiger partial charge is 0.354 e. The Labute approximate surface area is 168 Å². The summed E-state index contributed by atoms with van der Waals surface area (Å²) in [5, 5.41) is 8.65. The number of hydrogen-bond donors (Lipinski definition) is 3. The molecular formula is C22H21FN4O2. The molecule has 3 N–H and O–H groups in total. The first-order valence-corrected chi connectivity index (χ1v) is 9.12. The molecule has 6 nitrogen and oxygen atoms in total. The molecule has 0 aliphatic carbocycles. The van der Waals surface area contributed by atoms with Crippen molar-refractivity contribution in [2.24, 2.45) is 0 Å². The highest BCUT2D eigenvalue weighted by molar-refractivity contribution is 5.95. The van der Waals surface area contributed by atoms with Gasteiger partial charge in [-0.2, -0.15) is 0 Å². The average Bonchev–Trinajstić information content (AvgIpc) is 2.69. The topological polar surface area (TPSA) is 83.1 Å². The Morgan fingerprint density at radius 3 is 2.55 bits per heavy atom. The smallest absolute Gasteiger partial charge is 0.252 e. The second-order valence-corrected chi connectivity index (χ2v) is 6.45. The summed E-state index contributed by atoms with van der Waals surface area (Å²) in [5.74, 6) is -0.724. The van der Waals surface area contributed by atoms with E-state index in [1.807, 2.05) is 6.07 Å². The Bertz CT molecular complexity index is 1020. The first-order valence-electron chi connectivity index (χ1n) is 9.12. The van der Waals surface area contributed by atoms with E-state index >= 15 is 0 Å². The van der Waals surface area contributed by atoms with Crippen molar-refractivity contribution in [1.82, 2.24) is 10.3 Å². The quantitative estimate of drug-likeness (QED) is 0.570. The van der Waals surface area contributed by atoms with Crippen molar-refractivity contribution in [2.45, 2.75) is 13.3 Å². The van der Waals surface area contributed by atoms with Crippen molar-refractivity contribution in [3.63, 3.8) is 0 Å². The maximum absolute atomic E-state index is 13.6. The molecule has 148 valence electrons. The van der Waals surface area contributed by atoms with Gasteiger partial charge in [0.25, 0.3) is 5.91 Å². The van der Waals surface area contributed by atoms with Gasteiger partial charge in [0.05, 0.1) is 17.4 Å². The number of hydrogen-bond acceptors (Lipinski definition) is 4. The minimum Gasteiger partial charge on any atom is -0.354 e. The molecule has 1 aromatic heterocycles. The highest BCUT2D eigenvalue weighted by Gasteiger charge is 2.08. The molecule has 0 bridgehead atoms. The van der Waals surface area contributed by atoms with Crippen molar-refractivity contribution >= 4 is 28.9 Å². The van der Waals surface area contributed by atoms with Gasteiger partial charge in [0.15, 0.2) is 0 Å². The van der Waals surface area contributed by atoms with Crippen LogP contribution in [0.25, 0.3) is 0 Å². The molecular weight excluding hydrogens is 371 g/mol. The van der Waals surface area contributed by atoms with Crippen molar-refractivity contribution in [3.8, 4) is 0 Å². The standard InChI is InChI=1S/C22H21FN4O2/c1-15(28)26-18-6-4-7-19(12-18)27-20-11-17(13-24-14-20)22(29)25-10-9-16-5-2-3-8-21(16)23/h2-8,11-14,27H,9-10H2,1H3,(H,25,29)(H,26,28). The number of aromatic nitrogens is 1. The Hall–Kier alpha value is -3.74. The van der Waals surface area contributed by atoms with E-state index in [1.54, 1.807) is 48.7 Å². The number of pyridine rings is 1. The number of anilines is 3. The van der Waals surface area contributed by atoms with Gasteiger partial charge in [-0.25, -0.2) is 4.39 Å². The van der Waals surface area contributed by atoms with Crippen LogP contribution >= 0.6 is 0 Å². The number of benzene rings is 2. The molecule has 0 aliphatic heterocycles. The lowest BCUT2D eigenvalue weighted by molar-refractivity contribution is -0.114. The van der Waals surface area contributed by atoms with Crippen LogP contribution in [0.5, 0.6) is 0 Å². The highest BCUT2D eigenvalue weighted by Crippen LogP contribution is 2.20. The molecule has 0 aliphatic rings. The SMILES string of the molecule is CC(=O)Nc1cccc(Nc2cncc(C(=O)NCCc3ccccc3F)c2)c1. The first kappa shape index (κ1) is 20.0. The van der Waals surface area contributed by atoms with Crippen LogP contribution in [0.15, 0.2) is 67.0 Å². The van der Waals surface area contributed by atoms with Gasteiger partial charge in [0.1, 0.15) is 5.82 Å². The fourth-order valence-electron chi connectivity index (χ4n) is 2.79. The van der Waals surface area contributed by atoms with Crippen molar-refractivity contribution in [3.05, 3.63) is 83.9 Å². The zero-order chi connectivity index (χ0) is 20.6. The molecule has 0 atom stereocenters. The summed E-state index contributed by atoms with van der Waals surface area (Å²) < 4.78 is 13.6. The van der Waals surface area contributed by atoms with E-state index in [9.17, 15) is 14.0 Å². The normalized spacial score (nSPS) is 10.3. The van der Waals surface area contributed by atoms with Crippen LogP contribution in [0.2, 0.25) is 0 Å². The average molecular weight is 392 g/mol. The zero-order valence-corrected chi connectivity index (χ0v) is 15.9. The Morgan fingerprint density at radius 2 is 1.76 bits per heavy atom. The predicted molar refractivity (Wildman–Crippen MR) is 111 cm³/mol. The molecule has 29 heavy (non-hydrogen) atoms. The summed E-state index contributed by atoms with van der Waals surface area (Å²) in [4.78, 5) is 27.7. The van der Waals surface area contributed by atoms with Gasteiger partial charge in [-0.3, -0.25) is 14.6 Å². The molecule has 0 saturated heterocycles. The maximum Gasteiger partial charge on any atom is 0.252 e. The summed E-state index contributed by atoms with van der Waals surface area (Å²) in [6, 6.07) is 15.4. The fourth-order valence-corrected chi connectivity index (χ4v) is 2.79. The predicted octanol–water partition coefficient (Wildman–Crippen LogP) is 3.90. The van der Waals surface area contributed by atoms with Crippen molar-refractivity contribution < 1.29 is 14.0 Å². The van der Waals surface area contributed by atoms with E-state index in [-0.39, 0.29) is 17.6 Å². The molecule has 3 rings (SSSR count). The number of carbonyl (C=O) groups is 2. The van der Waals surface area contributed by atoms with E-state index < -0.39 is 0 Å². The van der Waals surface area contributed by atoms with Gasteiger partial charge >= 0.3 is 0 Å². The number of halogens is 1. The van der Waals surface area contributed by atoms with Crippen LogP contribution in [0, 0.1) is 5.82 Å². The third-order valence-electron chi connectivity index (χ3n) is 4.11. The van der Waals surface area contributed by atoms with E-state index in [0.29, 0.717) is 35.5 Å². The number of carbonyl (C=O) groups excluding carboxylic acids is 2.